The topological polar surface area (TPSA) is 69.2 Å². The van der Waals surface area contributed by atoms with Crippen molar-refractivity contribution in [1.82, 2.24) is 0 Å². The first-order chi connectivity index (χ1) is 24.0. The van der Waals surface area contributed by atoms with E-state index in [2.05, 4.69) is 165 Å². The molecule has 0 aromatic heterocycles. The van der Waals surface area contributed by atoms with Crippen LogP contribution in [0.25, 0.3) is 5.57 Å². The van der Waals surface area contributed by atoms with E-state index in [9.17, 15) is 15.3 Å². The van der Waals surface area contributed by atoms with Crippen LogP contribution in [0.2, 0.25) is 9.76 Å². The van der Waals surface area contributed by atoms with Crippen LogP contribution in [-0.4, -0.2) is 27.1 Å². The predicted molar refractivity (Wildman–Crippen MR) is 226 cm³/mol. The summed E-state index contributed by atoms with van der Waals surface area (Å²) in [7, 11) is -1.60. The molecule has 0 fully saturated rings. The predicted octanol–water partition coefficient (Wildman–Crippen LogP) is 8.65. The van der Waals surface area contributed by atoms with E-state index in [1.54, 1.807) is 63.1 Å². The number of hydrogen-bond acceptors (Lipinski definition) is 3. The zero-order chi connectivity index (χ0) is 41.4. The second kappa shape index (κ2) is 20.2. The third-order valence-corrected chi connectivity index (χ3v) is 14.6. The molecule has 0 bridgehead atoms. The fourth-order valence-electron chi connectivity index (χ4n) is 6.81. The fourth-order valence-corrected chi connectivity index (χ4v) is 12.4. The standard InChI is InChI=1S/C39H51Si.3C3H7O.Ti/c1-24-14-25(2)17-34(16-24)40(35-18-26(3)15-27(4)19-35)23-36-29(6)28(5)30(7)37(36)31-20-32(38(8,9)10)22-33(21-31)39(11,12)13;3*1-3(2)4;/h14-22,40H,23H2,1-13H3;3*3H,1-2H3;/q;3*-1;+3. The van der Waals surface area contributed by atoms with Crippen LogP contribution in [0.5, 0.6) is 0 Å². The van der Waals surface area contributed by atoms with Gasteiger partial charge in [-0.3, -0.25) is 0 Å². The summed E-state index contributed by atoms with van der Waals surface area (Å²) in [6.45, 7) is 40.0. The number of hydrogen-bond donors (Lipinski definition) is 0. The molecule has 0 amide bonds. The van der Waals surface area contributed by atoms with E-state index in [-0.39, 0.29) is 14.5 Å². The Bertz CT molecular complexity index is 1570. The van der Waals surface area contributed by atoms with Gasteiger partial charge in [0.05, 0.1) is 0 Å². The van der Waals surface area contributed by atoms with E-state index in [4.69, 9.17) is 0 Å². The average molecular weight is 773 g/mol. The molecule has 0 aliphatic heterocycles. The second-order valence-electron chi connectivity index (χ2n) is 18.2. The zero-order valence-electron chi connectivity index (χ0n) is 36.9. The van der Waals surface area contributed by atoms with Crippen LogP contribution in [0.1, 0.15) is 143 Å². The molecule has 1 unspecified atom stereocenters. The van der Waals surface area contributed by atoms with Crippen LogP contribution >= 0.6 is 0 Å². The Morgan fingerprint density at radius 2 is 0.830 bits per heavy atom. The molecule has 290 valence electrons. The summed E-state index contributed by atoms with van der Waals surface area (Å²) >= 11 is 2.56. The van der Waals surface area contributed by atoms with Gasteiger partial charge in [0, 0.05) is 0 Å². The maximum atomic E-state index is 9.53. The Morgan fingerprint density at radius 1 is 0.528 bits per heavy atom. The van der Waals surface area contributed by atoms with Crippen molar-refractivity contribution in [2.24, 2.45) is 0 Å². The first-order valence-electron chi connectivity index (χ1n) is 19.5. The van der Waals surface area contributed by atoms with Crippen molar-refractivity contribution >= 4 is 24.7 Å². The molecule has 0 N–H and O–H groups in total. The number of benzene rings is 3. The van der Waals surface area contributed by atoms with Gasteiger partial charge in [-0.2, -0.15) is 0 Å². The molecule has 1 aliphatic rings. The number of rotatable bonds is 5. The van der Waals surface area contributed by atoms with Gasteiger partial charge < -0.3 is 15.3 Å². The van der Waals surface area contributed by atoms with Crippen molar-refractivity contribution in [3.63, 3.8) is 0 Å². The van der Waals surface area contributed by atoms with Crippen molar-refractivity contribution in [3.05, 3.63) is 110 Å². The first kappa shape index (κ1) is 49.0. The Labute approximate surface area is 339 Å². The molecule has 53 heavy (non-hydrogen) atoms. The Kier molecular flexibility index (Phi) is 18.7. The van der Waals surface area contributed by atoms with Gasteiger partial charge in [0.25, 0.3) is 0 Å². The van der Waals surface area contributed by atoms with Gasteiger partial charge in [-0.05, 0) is 0 Å². The minimum atomic E-state index is -1.60. The zero-order valence-corrected chi connectivity index (χ0v) is 39.7. The Morgan fingerprint density at radius 3 is 1.11 bits per heavy atom. The molecule has 5 heteroatoms. The molecule has 4 rings (SSSR count). The van der Waals surface area contributed by atoms with Crippen LogP contribution in [0.4, 0.5) is 0 Å². The van der Waals surface area contributed by atoms with Crippen molar-refractivity contribution in [1.29, 1.82) is 0 Å². The van der Waals surface area contributed by atoms with Crippen molar-refractivity contribution in [2.75, 3.05) is 0 Å². The molecule has 0 saturated heterocycles. The third-order valence-electron chi connectivity index (χ3n) is 9.32. The average Bonchev–Trinajstić information content (AvgIpc) is 3.12. The molecular weight excluding hydrogens is 700 g/mol. The van der Waals surface area contributed by atoms with Gasteiger partial charge in [0.2, 0.25) is 0 Å². The summed E-state index contributed by atoms with van der Waals surface area (Å²) in [6, 6.07) is 23.3. The molecule has 0 heterocycles. The van der Waals surface area contributed by atoms with Crippen LogP contribution in [0.15, 0.2) is 71.3 Å². The quantitative estimate of drug-likeness (QED) is 0.244. The van der Waals surface area contributed by atoms with E-state index in [1.807, 2.05) is 0 Å². The van der Waals surface area contributed by atoms with Crippen molar-refractivity contribution < 1.29 is 35.8 Å². The normalized spacial score (nSPS) is 16.2. The van der Waals surface area contributed by atoms with E-state index < -0.39 is 27.1 Å². The molecule has 1 aliphatic carbocycles. The molecule has 1 atom stereocenters. The van der Waals surface area contributed by atoms with Gasteiger partial charge >= 0.3 is 266 Å². The summed E-state index contributed by atoms with van der Waals surface area (Å²) in [5.41, 5.74) is 16.0. The Hall–Kier alpha value is -2.05. The molecule has 0 saturated carbocycles. The van der Waals surface area contributed by atoms with Gasteiger partial charge in [0.15, 0.2) is 0 Å². The minimum absolute atomic E-state index is 0.0218. The van der Waals surface area contributed by atoms with E-state index in [0.29, 0.717) is 0 Å². The van der Waals surface area contributed by atoms with Gasteiger partial charge in [-0.1, -0.05) is 41.5 Å². The van der Waals surface area contributed by atoms with E-state index >= 15 is 0 Å². The third kappa shape index (κ3) is 15.2. The van der Waals surface area contributed by atoms with Crippen LogP contribution < -0.4 is 25.7 Å². The molecular formula is C48H72O3SiTi. The number of aryl methyl sites for hydroxylation is 4. The van der Waals surface area contributed by atoms with Crippen molar-refractivity contribution in [3.8, 4) is 0 Å². The van der Waals surface area contributed by atoms with Gasteiger partial charge in [-0.25, -0.2) is 0 Å². The molecule has 0 spiro atoms. The first-order valence-corrected chi connectivity index (χ1v) is 22.2. The van der Waals surface area contributed by atoms with E-state index in [0.717, 1.165) is 0 Å². The molecule has 3 aromatic carbocycles. The van der Waals surface area contributed by atoms with Crippen LogP contribution in [0, 0.1) is 27.7 Å². The van der Waals surface area contributed by atoms with Gasteiger partial charge in [0.1, 0.15) is 0 Å². The summed E-state index contributed by atoms with van der Waals surface area (Å²) < 4.78 is -0.0218. The fraction of sp³-hybridized carbons (Fsp3) is 0.542. The maximum absolute atomic E-state index is 9.53. The number of allylic oxidation sites excluding steroid dienone is 4. The van der Waals surface area contributed by atoms with Gasteiger partial charge in [-0.15, -0.1) is 18.3 Å². The monoisotopic (exact) mass is 772 g/mol. The second-order valence-corrected chi connectivity index (χ2v) is 22.4. The van der Waals surface area contributed by atoms with E-state index in [1.165, 1.54) is 56.1 Å². The molecule has 3 nitrogen and oxygen atoms in total. The van der Waals surface area contributed by atoms with Crippen LogP contribution in [-0.2, 0) is 31.3 Å². The summed E-state index contributed by atoms with van der Waals surface area (Å²) in [5, 5.41) is 31.7. The molecule has 3 aromatic rings. The Balaban J connectivity index is 0.00000102. The molecule has 0 radical (unpaired) electrons. The summed E-state index contributed by atoms with van der Waals surface area (Å²) in [5.74, 6) is 0. The van der Waals surface area contributed by atoms with Crippen molar-refractivity contribution in [2.45, 2.75) is 170 Å². The summed E-state index contributed by atoms with van der Waals surface area (Å²) in [4.78, 5) is 0. The van der Waals surface area contributed by atoms with Crippen LogP contribution in [0.3, 0.4) is 0 Å². The summed E-state index contributed by atoms with van der Waals surface area (Å²) in [6.07, 6.45) is -1.25. The SMILES string of the molecule is CC(C)[O-].CC(C)[O-].CC(C)[O-].CC1=C(C)[C]([Ti+3])(C[SiH](c2cc(C)cc(C)c2)c2cc(C)cc(C)c2)C(c2cc(C(C)(C)C)cc(C(C)(C)C)c2)=C1C.